The number of aryl methyl sites for hydroxylation is 1. The Morgan fingerprint density at radius 1 is 1.02 bits per heavy atom. The molecule has 2 aromatic rings. The fourth-order valence-electron chi connectivity index (χ4n) is 4.33. The summed E-state index contributed by atoms with van der Waals surface area (Å²) in [5.74, 6) is 0.286. The molecule has 1 fully saturated rings. The van der Waals surface area contributed by atoms with Crippen molar-refractivity contribution in [2.24, 2.45) is 5.92 Å². The van der Waals surface area contributed by atoms with Crippen molar-refractivity contribution in [2.75, 3.05) is 20.2 Å². The summed E-state index contributed by atoms with van der Waals surface area (Å²) in [5, 5.41) is 2.78. The molecule has 2 aromatic carbocycles. The lowest BCUT2D eigenvalue weighted by Gasteiger charge is -2.34. The van der Waals surface area contributed by atoms with E-state index < -0.39 is 35.9 Å². The van der Waals surface area contributed by atoms with Crippen molar-refractivity contribution in [2.45, 2.75) is 77.7 Å². The number of alkyl carbamates (subject to hydrolysis) is 1. The van der Waals surface area contributed by atoms with Crippen molar-refractivity contribution < 1.29 is 33.3 Å². The van der Waals surface area contributed by atoms with Crippen molar-refractivity contribution in [1.82, 2.24) is 10.2 Å². The minimum Gasteiger partial charge on any atom is -0.489 e. The van der Waals surface area contributed by atoms with Gasteiger partial charge in [0.15, 0.2) is 0 Å². The van der Waals surface area contributed by atoms with Crippen molar-refractivity contribution in [3.05, 3.63) is 65.7 Å². The highest BCUT2D eigenvalue weighted by molar-refractivity contribution is 5.82. The van der Waals surface area contributed by atoms with E-state index in [4.69, 9.17) is 18.9 Å². The van der Waals surface area contributed by atoms with Gasteiger partial charge in [0.25, 0.3) is 0 Å². The first-order valence-electron chi connectivity index (χ1n) is 13.8. The van der Waals surface area contributed by atoms with Crippen molar-refractivity contribution in [3.8, 4) is 5.75 Å². The maximum Gasteiger partial charge on any atom is 0.411 e. The van der Waals surface area contributed by atoms with Gasteiger partial charge in [0.1, 0.15) is 30.1 Å². The Balaban J connectivity index is 1.56. The molecular weight excluding hydrogens is 512 g/mol. The molecule has 0 aliphatic heterocycles. The Morgan fingerprint density at radius 2 is 1.70 bits per heavy atom. The molecule has 3 rings (SSSR count). The van der Waals surface area contributed by atoms with Crippen molar-refractivity contribution >= 4 is 18.2 Å². The van der Waals surface area contributed by atoms with Crippen LogP contribution >= 0.6 is 0 Å². The largest absolute Gasteiger partial charge is 0.489 e. The van der Waals surface area contributed by atoms with Crippen LogP contribution in [0.5, 0.6) is 5.75 Å². The summed E-state index contributed by atoms with van der Waals surface area (Å²) in [6.45, 7) is 8.07. The van der Waals surface area contributed by atoms with E-state index in [0.717, 1.165) is 24.0 Å². The van der Waals surface area contributed by atoms with Crippen LogP contribution in [-0.4, -0.2) is 61.0 Å². The number of hydrogen-bond donors (Lipinski definition) is 1. The Bertz CT molecular complexity index is 1110. The quantitative estimate of drug-likeness (QED) is 0.198. The Hall–Kier alpha value is -3.75. The molecule has 1 saturated carbocycles. The first-order chi connectivity index (χ1) is 19.1. The molecule has 0 heterocycles. The summed E-state index contributed by atoms with van der Waals surface area (Å²) in [7, 11) is 1.33. The number of amides is 2. The van der Waals surface area contributed by atoms with E-state index in [1.54, 1.807) is 20.8 Å². The molecule has 40 heavy (non-hydrogen) atoms. The van der Waals surface area contributed by atoms with E-state index in [-0.39, 0.29) is 19.1 Å². The molecule has 0 spiro atoms. The van der Waals surface area contributed by atoms with Crippen LogP contribution in [0.25, 0.3) is 0 Å². The second-order valence-electron chi connectivity index (χ2n) is 11.1. The molecule has 0 bridgehead atoms. The average molecular weight is 555 g/mol. The van der Waals surface area contributed by atoms with Crippen LogP contribution in [0.1, 0.15) is 58.1 Å². The standard InChI is InChI=1S/C31H42N2O7/c1-22(20-33(30(36)40-31(2,3)4)27(25-17-18-25)28(34)37-5)39-26-16-10-9-14-24(26)15-11-19-32-29(35)38-21-23-12-7-6-8-13-23/h6-10,12-14,16,22,25,27H,11,15,17-21H2,1-5H3,(H,32,35)/t22-,27+/m1/s1. The van der Waals surface area contributed by atoms with Crippen LogP contribution in [0.4, 0.5) is 9.59 Å². The number of carbonyl (C=O) groups is 3. The zero-order valence-corrected chi connectivity index (χ0v) is 24.2. The minimum absolute atomic E-state index is 0.0475. The SMILES string of the molecule is COC(=O)[C@H](C1CC1)N(C[C@@H](C)Oc1ccccc1CCCNC(=O)OCc1ccccc1)C(=O)OC(C)(C)C. The number of rotatable bonds is 13. The summed E-state index contributed by atoms with van der Waals surface area (Å²) in [6.07, 6.45) is 1.61. The van der Waals surface area contributed by atoms with Crippen LogP contribution in [0.15, 0.2) is 54.6 Å². The third-order valence-corrected chi connectivity index (χ3v) is 6.33. The van der Waals surface area contributed by atoms with Gasteiger partial charge in [0.2, 0.25) is 0 Å². The Morgan fingerprint density at radius 3 is 2.35 bits per heavy atom. The molecule has 1 N–H and O–H groups in total. The molecule has 9 nitrogen and oxygen atoms in total. The fourth-order valence-corrected chi connectivity index (χ4v) is 4.33. The zero-order chi connectivity index (χ0) is 29.1. The molecule has 2 atom stereocenters. The molecule has 0 unspecified atom stereocenters. The molecule has 2 amide bonds. The van der Waals surface area contributed by atoms with Gasteiger partial charge in [0.05, 0.1) is 13.7 Å². The number of ether oxygens (including phenoxy) is 4. The van der Waals surface area contributed by atoms with Gasteiger partial charge in [-0.1, -0.05) is 48.5 Å². The lowest BCUT2D eigenvalue weighted by atomic mass is 10.1. The van der Waals surface area contributed by atoms with Crippen LogP contribution in [0.2, 0.25) is 0 Å². The summed E-state index contributed by atoms with van der Waals surface area (Å²) in [5.41, 5.74) is 1.19. The molecular formula is C31H42N2O7. The summed E-state index contributed by atoms with van der Waals surface area (Å²) in [6, 6.07) is 16.5. The number of esters is 1. The number of nitrogens with one attached hydrogen (secondary N) is 1. The lowest BCUT2D eigenvalue weighted by molar-refractivity contribution is -0.148. The zero-order valence-electron chi connectivity index (χ0n) is 24.2. The first kappa shape index (κ1) is 30.8. The molecule has 0 radical (unpaired) electrons. The van der Waals surface area contributed by atoms with Crippen molar-refractivity contribution in [1.29, 1.82) is 0 Å². The third kappa shape index (κ3) is 10.1. The number of carbonyl (C=O) groups excluding carboxylic acids is 3. The minimum atomic E-state index is -0.714. The summed E-state index contributed by atoms with van der Waals surface area (Å²) >= 11 is 0. The Kier molecular flexibility index (Phi) is 11.2. The van der Waals surface area contributed by atoms with Gasteiger partial charge < -0.3 is 24.3 Å². The van der Waals surface area contributed by atoms with E-state index >= 15 is 0 Å². The van der Waals surface area contributed by atoms with Crippen LogP contribution in [-0.2, 0) is 32.0 Å². The first-order valence-corrected chi connectivity index (χ1v) is 13.8. The maximum absolute atomic E-state index is 13.2. The highest BCUT2D eigenvalue weighted by Gasteiger charge is 2.44. The van der Waals surface area contributed by atoms with Gasteiger partial charge >= 0.3 is 18.2 Å². The van der Waals surface area contributed by atoms with E-state index in [1.807, 2.05) is 61.5 Å². The van der Waals surface area contributed by atoms with Gasteiger partial charge in [-0.3, -0.25) is 4.90 Å². The molecule has 1 aliphatic carbocycles. The molecule has 0 saturated heterocycles. The van der Waals surface area contributed by atoms with Gasteiger partial charge in [-0.2, -0.15) is 0 Å². The van der Waals surface area contributed by atoms with Crippen LogP contribution < -0.4 is 10.1 Å². The monoisotopic (exact) mass is 554 g/mol. The second-order valence-corrected chi connectivity index (χ2v) is 11.1. The van der Waals surface area contributed by atoms with Gasteiger partial charge in [-0.15, -0.1) is 0 Å². The predicted molar refractivity (Wildman–Crippen MR) is 151 cm³/mol. The number of hydrogen-bond acceptors (Lipinski definition) is 7. The number of para-hydroxylation sites is 1. The number of methoxy groups -OCH3 is 1. The topological polar surface area (TPSA) is 103 Å². The fraction of sp³-hybridized carbons (Fsp3) is 0.516. The molecule has 218 valence electrons. The molecule has 0 aromatic heterocycles. The van der Waals surface area contributed by atoms with Crippen molar-refractivity contribution in [3.63, 3.8) is 0 Å². The second kappa shape index (κ2) is 14.6. The third-order valence-electron chi connectivity index (χ3n) is 6.33. The van der Waals surface area contributed by atoms with Crippen LogP contribution in [0.3, 0.4) is 0 Å². The number of benzene rings is 2. The van der Waals surface area contributed by atoms with Gasteiger partial charge in [-0.25, -0.2) is 14.4 Å². The van der Waals surface area contributed by atoms with E-state index in [9.17, 15) is 14.4 Å². The molecule has 1 aliphatic rings. The Labute approximate surface area is 237 Å². The van der Waals surface area contributed by atoms with E-state index in [2.05, 4.69) is 5.32 Å². The van der Waals surface area contributed by atoms with E-state index in [0.29, 0.717) is 25.1 Å². The summed E-state index contributed by atoms with van der Waals surface area (Å²) < 4.78 is 22.2. The molecule has 9 heteroatoms. The highest BCUT2D eigenvalue weighted by Crippen LogP contribution is 2.37. The number of nitrogens with zero attached hydrogens (tertiary/aromatic N) is 1. The normalized spacial score (nSPS) is 14.4. The average Bonchev–Trinajstić information content (AvgIpc) is 3.75. The maximum atomic E-state index is 13.2. The highest BCUT2D eigenvalue weighted by atomic mass is 16.6. The van der Waals surface area contributed by atoms with Crippen LogP contribution in [0, 0.1) is 5.92 Å². The lowest BCUT2D eigenvalue weighted by Crippen LogP contribution is -2.52. The predicted octanol–water partition coefficient (Wildman–Crippen LogP) is 5.50. The van der Waals surface area contributed by atoms with Gasteiger partial charge in [0, 0.05) is 6.54 Å². The van der Waals surface area contributed by atoms with Gasteiger partial charge in [-0.05, 0) is 76.5 Å². The summed E-state index contributed by atoms with van der Waals surface area (Å²) in [4.78, 5) is 39.3. The van der Waals surface area contributed by atoms with E-state index in [1.165, 1.54) is 12.0 Å². The smallest absolute Gasteiger partial charge is 0.411 e.